The lowest BCUT2D eigenvalue weighted by atomic mass is 9.92. The van der Waals surface area contributed by atoms with Crippen LogP contribution in [0.25, 0.3) is 0 Å². The summed E-state index contributed by atoms with van der Waals surface area (Å²) >= 11 is 5.83. The maximum Gasteiger partial charge on any atom is 0.240 e. The fourth-order valence-electron chi connectivity index (χ4n) is 2.96. The van der Waals surface area contributed by atoms with Gasteiger partial charge in [0, 0.05) is 10.9 Å². The second-order valence-electron chi connectivity index (χ2n) is 6.34. The van der Waals surface area contributed by atoms with Crippen LogP contribution in [0.15, 0.2) is 52.0 Å². The maximum atomic E-state index is 12.7. The van der Waals surface area contributed by atoms with Crippen molar-refractivity contribution in [1.82, 2.24) is 4.72 Å². The van der Waals surface area contributed by atoms with Gasteiger partial charge in [-0.25, -0.2) is 13.1 Å². The third-order valence-corrected chi connectivity index (χ3v) is 6.15. The third-order valence-electron chi connectivity index (χ3n) is 4.39. The van der Waals surface area contributed by atoms with Gasteiger partial charge in [-0.2, -0.15) is 0 Å². The van der Waals surface area contributed by atoms with Gasteiger partial charge in [-0.3, -0.25) is 0 Å². The van der Waals surface area contributed by atoms with Crippen molar-refractivity contribution in [2.75, 3.05) is 6.61 Å². The molecular weight excluding hydrogens is 374 g/mol. The van der Waals surface area contributed by atoms with E-state index in [4.69, 9.17) is 16.0 Å². The third kappa shape index (κ3) is 5.84. The topological polar surface area (TPSA) is 79.5 Å². The van der Waals surface area contributed by atoms with Crippen molar-refractivity contribution >= 4 is 21.6 Å². The van der Waals surface area contributed by atoms with E-state index in [0.717, 1.165) is 32.1 Å². The molecule has 2 N–H and O–H groups in total. The smallest absolute Gasteiger partial charge is 0.240 e. The number of unbranched alkanes of at least 4 members (excludes halogenated alkanes) is 3. The van der Waals surface area contributed by atoms with Crippen LogP contribution in [0.4, 0.5) is 0 Å². The van der Waals surface area contributed by atoms with Gasteiger partial charge in [0.2, 0.25) is 10.0 Å². The molecule has 7 heteroatoms. The molecule has 0 saturated heterocycles. The summed E-state index contributed by atoms with van der Waals surface area (Å²) in [5.74, 6) is 0.452. The van der Waals surface area contributed by atoms with E-state index in [1.54, 1.807) is 12.3 Å². The quantitative estimate of drug-likeness (QED) is 0.551. The molecule has 0 spiro atoms. The summed E-state index contributed by atoms with van der Waals surface area (Å²) in [5.41, 5.74) is 0. The van der Waals surface area contributed by atoms with E-state index >= 15 is 0 Å². The first-order valence-electron chi connectivity index (χ1n) is 8.90. The number of hydrogen-bond acceptors (Lipinski definition) is 4. The SMILES string of the molecule is CCCCCC[C@@H](c1ccco1)[C@@H](CO)NS(=O)(=O)c1ccc(Cl)cc1. The summed E-state index contributed by atoms with van der Waals surface area (Å²) in [6.45, 7) is 1.83. The summed E-state index contributed by atoms with van der Waals surface area (Å²) in [7, 11) is -3.77. The molecule has 0 aliphatic carbocycles. The standard InChI is InChI=1S/C19H26ClNO4S/c1-2-3-4-5-7-17(19-8-6-13-25-19)18(14-22)21-26(23,24)16-11-9-15(20)10-12-16/h6,8-13,17-18,21-22H,2-5,7,14H2,1H3/t17-,18-/m1/s1. The molecule has 1 aromatic carbocycles. The van der Waals surface area contributed by atoms with E-state index in [-0.39, 0.29) is 17.4 Å². The van der Waals surface area contributed by atoms with Gasteiger partial charge in [0.1, 0.15) is 5.76 Å². The maximum absolute atomic E-state index is 12.7. The Hall–Kier alpha value is -1.34. The fourth-order valence-corrected chi connectivity index (χ4v) is 4.36. The van der Waals surface area contributed by atoms with Gasteiger partial charge in [-0.1, -0.05) is 44.2 Å². The molecule has 26 heavy (non-hydrogen) atoms. The van der Waals surface area contributed by atoms with Crippen LogP contribution in [-0.2, 0) is 10.0 Å². The zero-order valence-corrected chi connectivity index (χ0v) is 16.5. The van der Waals surface area contributed by atoms with Gasteiger partial charge in [-0.05, 0) is 42.8 Å². The number of rotatable bonds is 11. The molecule has 2 atom stereocenters. The molecule has 0 fully saturated rings. The molecule has 0 aliphatic heterocycles. The van der Waals surface area contributed by atoms with E-state index in [1.807, 2.05) is 6.07 Å². The molecule has 0 aliphatic rings. The van der Waals surface area contributed by atoms with Gasteiger partial charge < -0.3 is 9.52 Å². The summed E-state index contributed by atoms with van der Waals surface area (Å²) in [4.78, 5) is 0.115. The van der Waals surface area contributed by atoms with Crippen LogP contribution in [0.5, 0.6) is 0 Å². The number of aliphatic hydroxyl groups excluding tert-OH is 1. The van der Waals surface area contributed by atoms with Gasteiger partial charge in [0.25, 0.3) is 0 Å². The first kappa shape index (κ1) is 21.0. The fraction of sp³-hybridized carbons (Fsp3) is 0.474. The van der Waals surface area contributed by atoms with E-state index in [9.17, 15) is 13.5 Å². The molecule has 0 bridgehead atoms. The Bertz CT molecular complexity index is 744. The van der Waals surface area contributed by atoms with Crippen molar-refractivity contribution in [3.63, 3.8) is 0 Å². The van der Waals surface area contributed by atoms with Crippen LogP contribution < -0.4 is 4.72 Å². The predicted octanol–water partition coefficient (Wildman–Crippen LogP) is 4.33. The molecule has 0 amide bonds. The Labute approximate surface area is 160 Å². The second-order valence-corrected chi connectivity index (χ2v) is 8.49. The predicted molar refractivity (Wildman–Crippen MR) is 103 cm³/mol. The molecule has 144 valence electrons. The minimum Gasteiger partial charge on any atom is -0.469 e. The van der Waals surface area contributed by atoms with E-state index in [2.05, 4.69) is 11.6 Å². The Morgan fingerprint density at radius 3 is 2.46 bits per heavy atom. The molecule has 0 saturated carbocycles. The Kier molecular flexibility index (Phi) is 8.15. The highest BCUT2D eigenvalue weighted by atomic mass is 35.5. The Morgan fingerprint density at radius 1 is 1.15 bits per heavy atom. The molecule has 1 aromatic heterocycles. The monoisotopic (exact) mass is 399 g/mol. The average Bonchev–Trinajstić information content (AvgIpc) is 3.15. The van der Waals surface area contributed by atoms with Crippen LogP contribution in [-0.4, -0.2) is 26.2 Å². The number of furan rings is 1. The van der Waals surface area contributed by atoms with Crippen molar-refractivity contribution in [3.05, 3.63) is 53.4 Å². The van der Waals surface area contributed by atoms with E-state index < -0.39 is 16.1 Å². The molecule has 2 aromatic rings. The van der Waals surface area contributed by atoms with E-state index in [1.165, 1.54) is 24.3 Å². The molecule has 1 heterocycles. The molecule has 2 rings (SSSR count). The van der Waals surface area contributed by atoms with Crippen molar-refractivity contribution in [2.24, 2.45) is 0 Å². The largest absolute Gasteiger partial charge is 0.469 e. The first-order valence-corrected chi connectivity index (χ1v) is 10.8. The Balaban J connectivity index is 2.16. The average molecular weight is 400 g/mol. The van der Waals surface area contributed by atoms with Gasteiger partial charge >= 0.3 is 0 Å². The van der Waals surface area contributed by atoms with Crippen LogP contribution in [0.2, 0.25) is 5.02 Å². The number of benzene rings is 1. The molecular formula is C19H26ClNO4S. The lowest BCUT2D eigenvalue weighted by Crippen LogP contribution is -2.41. The minimum atomic E-state index is -3.77. The zero-order valence-electron chi connectivity index (χ0n) is 14.9. The highest BCUT2D eigenvalue weighted by Gasteiger charge is 2.29. The molecule has 0 radical (unpaired) electrons. The van der Waals surface area contributed by atoms with Crippen LogP contribution in [0, 0.1) is 0 Å². The number of halogens is 1. The number of aliphatic hydroxyl groups is 1. The zero-order chi connectivity index (χ0) is 19.0. The second kappa shape index (κ2) is 10.1. The molecule has 0 unspecified atom stereocenters. The highest BCUT2D eigenvalue weighted by molar-refractivity contribution is 7.89. The summed E-state index contributed by atoms with van der Waals surface area (Å²) in [5, 5.41) is 10.3. The summed E-state index contributed by atoms with van der Waals surface area (Å²) in [6.07, 6.45) is 6.57. The molecule has 5 nitrogen and oxygen atoms in total. The lowest BCUT2D eigenvalue weighted by molar-refractivity contribution is 0.223. The number of nitrogens with one attached hydrogen (secondary N) is 1. The lowest BCUT2D eigenvalue weighted by Gasteiger charge is -2.25. The van der Waals surface area contributed by atoms with Crippen molar-refractivity contribution in [2.45, 2.75) is 55.9 Å². The Morgan fingerprint density at radius 2 is 1.88 bits per heavy atom. The first-order chi connectivity index (χ1) is 12.5. The number of sulfonamides is 1. The van der Waals surface area contributed by atoms with Crippen molar-refractivity contribution in [3.8, 4) is 0 Å². The van der Waals surface area contributed by atoms with E-state index in [0.29, 0.717) is 10.8 Å². The van der Waals surface area contributed by atoms with Crippen LogP contribution in [0.1, 0.15) is 50.7 Å². The van der Waals surface area contributed by atoms with Crippen molar-refractivity contribution in [1.29, 1.82) is 0 Å². The van der Waals surface area contributed by atoms with Gasteiger partial charge in [0.15, 0.2) is 0 Å². The van der Waals surface area contributed by atoms with Crippen LogP contribution in [0.3, 0.4) is 0 Å². The number of hydrogen-bond donors (Lipinski definition) is 2. The van der Waals surface area contributed by atoms with Gasteiger partial charge in [0.05, 0.1) is 23.8 Å². The minimum absolute atomic E-state index is 0.115. The highest BCUT2D eigenvalue weighted by Crippen LogP contribution is 2.28. The summed E-state index contributed by atoms with van der Waals surface area (Å²) < 4.78 is 33.5. The van der Waals surface area contributed by atoms with Crippen LogP contribution >= 0.6 is 11.6 Å². The van der Waals surface area contributed by atoms with Crippen molar-refractivity contribution < 1.29 is 17.9 Å². The van der Waals surface area contributed by atoms with Gasteiger partial charge in [-0.15, -0.1) is 0 Å². The normalized spacial score (nSPS) is 14.3. The summed E-state index contributed by atoms with van der Waals surface area (Å²) in [6, 6.07) is 8.88.